The van der Waals surface area contributed by atoms with Crippen molar-refractivity contribution >= 4 is 50.1 Å². The number of hydrogen-bond acceptors (Lipinski definition) is 8. The number of ether oxygens (including phenoxy) is 1. The van der Waals surface area contributed by atoms with E-state index in [0.717, 1.165) is 41.1 Å². The number of benzene rings is 1. The summed E-state index contributed by atoms with van der Waals surface area (Å²) in [4.78, 5) is 13.0. The molecule has 0 radical (unpaired) electrons. The van der Waals surface area contributed by atoms with Crippen LogP contribution in [-0.4, -0.2) is 101 Å². The molecule has 1 unspecified atom stereocenters. The SMILES string of the molecule is CC(Oc1ccc2[nH]nc(-c3ccc(N4CCN(S(=O)(=O)N5CCN(C)CC5)CC4)nc3)c2c1)c1c(Cl)cncc1Cl. The van der Waals surface area contributed by atoms with Crippen LogP contribution in [0.5, 0.6) is 5.75 Å². The van der Waals surface area contributed by atoms with Gasteiger partial charge in [0.2, 0.25) is 0 Å². The van der Waals surface area contributed by atoms with Crippen molar-refractivity contribution < 1.29 is 13.2 Å². The van der Waals surface area contributed by atoms with Crippen molar-refractivity contribution in [2.75, 3.05) is 64.3 Å². The molecule has 0 bridgehead atoms. The first kappa shape index (κ1) is 29.1. The van der Waals surface area contributed by atoms with Gasteiger partial charge in [-0.25, -0.2) is 4.98 Å². The zero-order valence-electron chi connectivity index (χ0n) is 23.4. The van der Waals surface area contributed by atoms with Gasteiger partial charge in [-0.15, -0.1) is 0 Å². The Balaban J connectivity index is 1.13. The number of rotatable bonds is 7. The smallest absolute Gasteiger partial charge is 0.282 e. The molecule has 0 spiro atoms. The zero-order chi connectivity index (χ0) is 29.4. The molecule has 2 aliphatic rings. The van der Waals surface area contributed by atoms with Gasteiger partial charge in [0.05, 0.1) is 15.6 Å². The molecule has 0 saturated carbocycles. The number of pyridine rings is 2. The van der Waals surface area contributed by atoms with Crippen molar-refractivity contribution in [2.45, 2.75) is 13.0 Å². The molecule has 0 aliphatic carbocycles. The molecule has 4 aromatic rings. The summed E-state index contributed by atoms with van der Waals surface area (Å²) in [5.41, 5.74) is 3.15. The highest BCUT2D eigenvalue weighted by Crippen LogP contribution is 2.35. The summed E-state index contributed by atoms with van der Waals surface area (Å²) in [5.74, 6) is 1.45. The molecular formula is C28H32Cl2N8O3S. The molecule has 14 heteroatoms. The number of nitrogens with one attached hydrogen (secondary N) is 1. The van der Waals surface area contributed by atoms with Crippen LogP contribution in [0.15, 0.2) is 48.9 Å². The molecule has 0 amide bonds. The van der Waals surface area contributed by atoms with E-state index < -0.39 is 16.3 Å². The lowest BCUT2D eigenvalue weighted by Crippen LogP contribution is -2.56. The van der Waals surface area contributed by atoms with Gasteiger partial charge >= 0.3 is 0 Å². The van der Waals surface area contributed by atoms with Crippen molar-refractivity contribution in [3.05, 3.63) is 64.5 Å². The van der Waals surface area contributed by atoms with Crippen molar-refractivity contribution in [1.29, 1.82) is 0 Å². The number of halogens is 2. The Hall–Kier alpha value is -3.00. The van der Waals surface area contributed by atoms with Crippen LogP contribution in [0.3, 0.4) is 0 Å². The summed E-state index contributed by atoms with van der Waals surface area (Å²) in [6.07, 6.45) is 4.50. The molecule has 3 aromatic heterocycles. The average Bonchev–Trinajstić information content (AvgIpc) is 3.41. The van der Waals surface area contributed by atoms with E-state index in [4.69, 9.17) is 32.9 Å². The van der Waals surface area contributed by atoms with Crippen LogP contribution in [0.25, 0.3) is 22.2 Å². The van der Waals surface area contributed by atoms with Gasteiger partial charge in [0.15, 0.2) is 0 Å². The predicted octanol–water partition coefficient (Wildman–Crippen LogP) is 4.08. The number of nitrogens with zero attached hydrogens (tertiary/aromatic N) is 7. The summed E-state index contributed by atoms with van der Waals surface area (Å²) < 4.78 is 35.6. The maximum Gasteiger partial charge on any atom is 0.282 e. The minimum Gasteiger partial charge on any atom is -0.486 e. The number of piperazine rings is 2. The summed E-state index contributed by atoms with van der Waals surface area (Å²) in [7, 11) is -1.43. The number of H-pyrrole nitrogens is 1. The quantitative estimate of drug-likeness (QED) is 0.325. The maximum absolute atomic E-state index is 13.1. The standard InChI is InChI=1S/C28H32Cl2N8O3S/c1-19(27-23(29)17-31-18-24(27)30)41-21-4-5-25-22(15-21)28(34-33-25)20-3-6-26(32-16-20)36-9-13-38(14-10-36)42(39,40)37-11-7-35(2)8-12-37/h3-6,15-19H,7-14H2,1-2H3,(H,33,34). The zero-order valence-corrected chi connectivity index (χ0v) is 25.7. The van der Waals surface area contributed by atoms with Crippen LogP contribution in [0.2, 0.25) is 10.0 Å². The number of aromatic amines is 1. The lowest BCUT2D eigenvalue weighted by molar-refractivity contribution is 0.210. The van der Waals surface area contributed by atoms with Crippen LogP contribution in [-0.2, 0) is 10.2 Å². The minimum absolute atomic E-state index is 0.390. The van der Waals surface area contributed by atoms with E-state index in [-0.39, 0.29) is 0 Å². The van der Waals surface area contributed by atoms with Gasteiger partial charge in [0.1, 0.15) is 23.4 Å². The first-order valence-electron chi connectivity index (χ1n) is 13.8. The van der Waals surface area contributed by atoms with E-state index in [1.165, 1.54) is 0 Å². The van der Waals surface area contributed by atoms with E-state index in [9.17, 15) is 8.42 Å². The Bertz CT molecular complexity index is 1650. The van der Waals surface area contributed by atoms with Gasteiger partial charge in [-0.1, -0.05) is 23.2 Å². The fourth-order valence-corrected chi connectivity index (χ4v) is 7.65. The lowest BCUT2D eigenvalue weighted by Gasteiger charge is -2.39. The number of hydrogen-bond donors (Lipinski definition) is 1. The van der Waals surface area contributed by atoms with Crippen LogP contribution in [0.1, 0.15) is 18.6 Å². The Labute approximate surface area is 255 Å². The van der Waals surface area contributed by atoms with Gasteiger partial charge in [-0.05, 0) is 44.3 Å². The molecule has 222 valence electrons. The van der Waals surface area contributed by atoms with Gasteiger partial charge < -0.3 is 14.5 Å². The van der Waals surface area contributed by atoms with E-state index >= 15 is 0 Å². The molecule has 2 aliphatic heterocycles. The molecule has 1 N–H and O–H groups in total. The first-order chi connectivity index (χ1) is 20.2. The third kappa shape index (κ3) is 5.79. The third-order valence-electron chi connectivity index (χ3n) is 7.84. The lowest BCUT2D eigenvalue weighted by atomic mass is 10.1. The van der Waals surface area contributed by atoms with Gasteiger partial charge in [-0.3, -0.25) is 10.1 Å². The van der Waals surface area contributed by atoms with Crippen LogP contribution in [0, 0.1) is 0 Å². The number of likely N-dealkylation sites (N-methyl/N-ethyl adjacent to an activating group) is 1. The fourth-order valence-electron chi connectivity index (χ4n) is 5.40. The second kappa shape index (κ2) is 11.9. The topological polar surface area (TPSA) is 111 Å². The highest BCUT2D eigenvalue weighted by atomic mass is 35.5. The molecule has 2 fully saturated rings. The number of anilines is 1. The minimum atomic E-state index is -3.45. The summed E-state index contributed by atoms with van der Waals surface area (Å²) in [5, 5.41) is 9.40. The van der Waals surface area contributed by atoms with Crippen LogP contribution >= 0.6 is 23.2 Å². The highest BCUT2D eigenvalue weighted by Gasteiger charge is 2.34. The predicted molar refractivity (Wildman–Crippen MR) is 164 cm³/mol. The fraction of sp³-hybridized carbons (Fsp3) is 0.393. The molecule has 1 aromatic carbocycles. The third-order valence-corrected chi connectivity index (χ3v) is 10.5. The molecule has 1 atom stereocenters. The van der Waals surface area contributed by atoms with Gasteiger partial charge in [0, 0.05) is 87.5 Å². The normalized spacial score (nSPS) is 18.4. The van der Waals surface area contributed by atoms with Gasteiger partial charge in [-0.2, -0.15) is 22.1 Å². The first-order valence-corrected chi connectivity index (χ1v) is 15.9. The molecule has 11 nitrogen and oxygen atoms in total. The van der Waals surface area contributed by atoms with E-state index in [2.05, 4.69) is 25.0 Å². The summed E-state index contributed by atoms with van der Waals surface area (Å²) >= 11 is 12.6. The van der Waals surface area contributed by atoms with Crippen molar-refractivity contribution in [2.24, 2.45) is 0 Å². The molecule has 5 heterocycles. The molecule has 2 saturated heterocycles. The number of aromatic nitrogens is 4. The Morgan fingerprint density at radius 2 is 1.57 bits per heavy atom. The molecular weight excluding hydrogens is 599 g/mol. The second-order valence-electron chi connectivity index (χ2n) is 10.6. The highest BCUT2D eigenvalue weighted by molar-refractivity contribution is 7.86. The van der Waals surface area contributed by atoms with Crippen molar-refractivity contribution in [3.63, 3.8) is 0 Å². The summed E-state index contributed by atoms with van der Waals surface area (Å²) in [6.45, 7) is 6.47. The van der Waals surface area contributed by atoms with Crippen LogP contribution < -0.4 is 9.64 Å². The van der Waals surface area contributed by atoms with Crippen LogP contribution in [0.4, 0.5) is 5.82 Å². The monoisotopic (exact) mass is 630 g/mol. The van der Waals surface area contributed by atoms with E-state index in [0.29, 0.717) is 60.6 Å². The second-order valence-corrected chi connectivity index (χ2v) is 13.3. The van der Waals surface area contributed by atoms with Crippen molar-refractivity contribution in [3.8, 4) is 17.0 Å². The average molecular weight is 632 g/mol. The largest absolute Gasteiger partial charge is 0.486 e. The van der Waals surface area contributed by atoms with E-state index in [1.54, 1.807) is 27.2 Å². The molecule has 6 rings (SSSR count). The molecule has 42 heavy (non-hydrogen) atoms. The maximum atomic E-state index is 13.1. The summed E-state index contributed by atoms with van der Waals surface area (Å²) in [6, 6.07) is 9.66. The Morgan fingerprint density at radius 1 is 0.905 bits per heavy atom. The Kier molecular flexibility index (Phi) is 8.27. The number of fused-ring (bicyclic) bond motifs is 1. The van der Waals surface area contributed by atoms with Crippen molar-refractivity contribution in [1.82, 2.24) is 33.7 Å². The van der Waals surface area contributed by atoms with E-state index in [1.807, 2.05) is 44.3 Å². The Morgan fingerprint density at radius 3 is 2.21 bits per heavy atom. The van der Waals surface area contributed by atoms with Gasteiger partial charge in [0.25, 0.3) is 10.2 Å².